The molecule has 7 heteroatoms. The molecule has 0 fully saturated rings. The van der Waals surface area contributed by atoms with Crippen molar-refractivity contribution in [3.8, 4) is 17.0 Å². The number of aromatic nitrogens is 2. The number of nitrogens with one attached hydrogen (secondary N) is 1. The number of fused-ring (bicyclic) bond motifs is 1. The normalized spacial score (nSPS) is 10.8. The van der Waals surface area contributed by atoms with Crippen LogP contribution in [0, 0.1) is 6.92 Å². The summed E-state index contributed by atoms with van der Waals surface area (Å²) >= 11 is 6.93. The molecule has 2 heterocycles. The second-order valence-electron chi connectivity index (χ2n) is 5.24. The summed E-state index contributed by atoms with van der Waals surface area (Å²) in [5.74, 6) is 1.47. The molecule has 0 spiro atoms. The van der Waals surface area contributed by atoms with Crippen LogP contribution in [-0.4, -0.2) is 28.6 Å². The van der Waals surface area contributed by atoms with Gasteiger partial charge in [0.1, 0.15) is 21.4 Å². The molecule has 0 atom stereocenters. The SMILES string of the molecule is CCNC(=S)c1sc2nc(C)nc(-c3cccc(OC)c3)c2c1N. The Labute approximate surface area is 149 Å². The third-order valence-electron chi connectivity index (χ3n) is 3.59. The van der Waals surface area contributed by atoms with Crippen LogP contribution >= 0.6 is 23.6 Å². The zero-order valence-corrected chi connectivity index (χ0v) is 15.3. The van der Waals surface area contributed by atoms with Gasteiger partial charge in [0, 0.05) is 12.1 Å². The summed E-state index contributed by atoms with van der Waals surface area (Å²) in [4.78, 5) is 11.5. The maximum Gasteiger partial charge on any atom is 0.130 e. The van der Waals surface area contributed by atoms with Gasteiger partial charge >= 0.3 is 0 Å². The van der Waals surface area contributed by atoms with E-state index >= 15 is 0 Å². The lowest BCUT2D eigenvalue weighted by molar-refractivity contribution is 0.415. The van der Waals surface area contributed by atoms with Gasteiger partial charge in [0.05, 0.1) is 28.8 Å². The molecule has 3 rings (SSSR count). The van der Waals surface area contributed by atoms with Gasteiger partial charge in [-0.1, -0.05) is 24.4 Å². The number of nitrogens with zero attached hydrogens (tertiary/aromatic N) is 2. The molecule has 0 radical (unpaired) electrons. The Morgan fingerprint density at radius 1 is 1.38 bits per heavy atom. The molecule has 124 valence electrons. The number of thiophene rings is 1. The minimum absolute atomic E-state index is 0.624. The van der Waals surface area contributed by atoms with E-state index < -0.39 is 0 Å². The van der Waals surface area contributed by atoms with Crippen LogP contribution in [0.5, 0.6) is 5.75 Å². The van der Waals surface area contributed by atoms with Crippen molar-refractivity contribution in [1.82, 2.24) is 15.3 Å². The Bertz CT molecular complexity index is 920. The highest BCUT2D eigenvalue weighted by atomic mass is 32.1. The smallest absolute Gasteiger partial charge is 0.130 e. The van der Waals surface area contributed by atoms with Crippen LogP contribution in [0.3, 0.4) is 0 Å². The monoisotopic (exact) mass is 358 g/mol. The molecular weight excluding hydrogens is 340 g/mol. The third kappa shape index (κ3) is 2.92. The van der Waals surface area contributed by atoms with E-state index in [-0.39, 0.29) is 0 Å². The topological polar surface area (TPSA) is 73.1 Å². The lowest BCUT2D eigenvalue weighted by Crippen LogP contribution is -2.21. The molecule has 0 unspecified atom stereocenters. The number of methoxy groups -OCH3 is 1. The van der Waals surface area contributed by atoms with Gasteiger partial charge in [-0.05, 0) is 26.0 Å². The minimum atomic E-state index is 0.624. The fourth-order valence-corrected chi connectivity index (χ4v) is 3.95. The first-order chi connectivity index (χ1) is 11.5. The van der Waals surface area contributed by atoms with Crippen LogP contribution in [0.15, 0.2) is 24.3 Å². The summed E-state index contributed by atoms with van der Waals surface area (Å²) in [5, 5.41) is 3.99. The Hall–Kier alpha value is -2.25. The third-order valence-corrected chi connectivity index (χ3v) is 5.18. The Morgan fingerprint density at radius 2 is 2.17 bits per heavy atom. The molecule has 2 aromatic heterocycles. The van der Waals surface area contributed by atoms with Crippen molar-refractivity contribution in [3.63, 3.8) is 0 Å². The first-order valence-electron chi connectivity index (χ1n) is 7.54. The van der Waals surface area contributed by atoms with E-state index in [0.29, 0.717) is 16.5 Å². The van der Waals surface area contributed by atoms with Crippen molar-refractivity contribution < 1.29 is 4.74 Å². The van der Waals surface area contributed by atoms with Crippen molar-refractivity contribution >= 4 is 44.4 Å². The molecule has 1 aromatic carbocycles. The number of rotatable bonds is 4. The summed E-state index contributed by atoms with van der Waals surface area (Å²) in [7, 11) is 1.64. The number of hydrogen-bond acceptors (Lipinski definition) is 6. The van der Waals surface area contributed by atoms with Gasteiger partial charge in [0.25, 0.3) is 0 Å². The number of anilines is 1. The lowest BCUT2D eigenvalue weighted by Gasteiger charge is -2.07. The summed E-state index contributed by atoms with van der Waals surface area (Å²) in [6.45, 7) is 4.63. The van der Waals surface area contributed by atoms with Gasteiger partial charge in [-0.2, -0.15) is 0 Å². The maximum absolute atomic E-state index is 6.40. The second kappa shape index (κ2) is 6.70. The van der Waals surface area contributed by atoms with E-state index in [1.807, 2.05) is 38.1 Å². The molecule has 3 aromatic rings. The van der Waals surface area contributed by atoms with Crippen LogP contribution in [0.25, 0.3) is 21.5 Å². The molecule has 0 aliphatic carbocycles. The van der Waals surface area contributed by atoms with Crippen LogP contribution in [0.1, 0.15) is 17.6 Å². The van der Waals surface area contributed by atoms with Crippen molar-refractivity contribution in [3.05, 3.63) is 35.0 Å². The van der Waals surface area contributed by atoms with Crippen molar-refractivity contribution in [2.24, 2.45) is 0 Å². The van der Waals surface area contributed by atoms with Crippen molar-refractivity contribution in [2.45, 2.75) is 13.8 Å². The molecule has 24 heavy (non-hydrogen) atoms. The fraction of sp³-hybridized carbons (Fsp3) is 0.235. The van der Waals surface area contributed by atoms with E-state index in [1.165, 1.54) is 11.3 Å². The van der Waals surface area contributed by atoms with Gasteiger partial charge in [-0.3, -0.25) is 0 Å². The van der Waals surface area contributed by atoms with Crippen LogP contribution in [0.4, 0.5) is 5.69 Å². The van der Waals surface area contributed by atoms with E-state index in [1.54, 1.807) is 7.11 Å². The zero-order valence-electron chi connectivity index (χ0n) is 13.7. The first-order valence-corrected chi connectivity index (χ1v) is 8.76. The van der Waals surface area contributed by atoms with Crippen LogP contribution in [-0.2, 0) is 0 Å². The van der Waals surface area contributed by atoms with E-state index in [9.17, 15) is 0 Å². The Morgan fingerprint density at radius 3 is 2.88 bits per heavy atom. The maximum atomic E-state index is 6.40. The minimum Gasteiger partial charge on any atom is -0.497 e. The molecule has 0 saturated heterocycles. The predicted octanol–water partition coefficient (Wildman–Crippen LogP) is 3.54. The highest BCUT2D eigenvalue weighted by Crippen LogP contribution is 2.39. The quantitative estimate of drug-likeness (QED) is 0.695. The molecule has 5 nitrogen and oxygen atoms in total. The van der Waals surface area contributed by atoms with Gasteiger partial charge in [-0.25, -0.2) is 9.97 Å². The fourth-order valence-electron chi connectivity index (χ4n) is 2.52. The highest BCUT2D eigenvalue weighted by molar-refractivity contribution is 7.81. The van der Waals surface area contributed by atoms with Gasteiger partial charge in [-0.15, -0.1) is 11.3 Å². The van der Waals surface area contributed by atoms with Crippen LogP contribution < -0.4 is 15.8 Å². The van der Waals surface area contributed by atoms with E-state index in [2.05, 4.69) is 15.3 Å². The Balaban J connectivity index is 2.25. The molecule has 0 amide bonds. The first kappa shape index (κ1) is 16.6. The van der Waals surface area contributed by atoms with E-state index in [4.69, 9.17) is 22.7 Å². The number of ether oxygens (including phenoxy) is 1. The number of thiocarbonyl (C=S) groups is 1. The molecule has 0 saturated carbocycles. The summed E-state index contributed by atoms with van der Waals surface area (Å²) in [6, 6.07) is 7.77. The van der Waals surface area contributed by atoms with Crippen molar-refractivity contribution in [1.29, 1.82) is 0 Å². The second-order valence-corrected chi connectivity index (χ2v) is 6.64. The number of nitrogen functional groups attached to an aromatic ring is 1. The Kier molecular flexibility index (Phi) is 4.64. The van der Waals surface area contributed by atoms with Gasteiger partial charge in [0.2, 0.25) is 0 Å². The predicted molar refractivity (Wildman–Crippen MR) is 104 cm³/mol. The average molecular weight is 358 g/mol. The molecule has 0 aliphatic heterocycles. The van der Waals surface area contributed by atoms with Crippen LogP contribution in [0.2, 0.25) is 0 Å². The number of aryl methyl sites for hydroxylation is 1. The highest BCUT2D eigenvalue weighted by Gasteiger charge is 2.19. The van der Waals surface area contributed by atoms with E-state index in [0.717, 1.165) is 38.6 Å². The molecule has 0 bridgehead atoms. The number of benzene rings is 1. The molecular formula is C17H18N4OS2. The number of nitrogens with two attached hydrogens (primary N) is 1. The van der Waals surface area contributed by atoms with Crippen molar-refractivity contribution in [2.75, 3.05) is 19.4 Å². The zero-order chi connectivity index (χ0) is 17.3. The molecule has 3 N–H and O–H groups in total. The summed E-state index contributed by atoms with van der Waals surface area (Å²) < 4.78 is 5.32. The molecule has 0 aliphatic rings. The number of hydrogen-bond donors (Lipinski definition) is 2. The van der Waals surface area contributed by atoms with Gasteiger partial charge < -0.3 is 15.8 Å². The summed E-state index contributed by atoms with van der Waals surface area (Å²) in [6.07, 6.45) is 0. The standard InChI is InChI=1S/C17H18N4OS2/c1-4-19-16(23)15-13(18)12-14(20-9(2)21-17(12)24-15)10-6-5-7-11(8-10)22-3/h5-8H,4,18H2,1-3H3,(H,19,23). The lowest BCUT2D eigenvalue weighted by atomic mass is 10.1. The summed E-state index contributed by atoms with van der Waals surface area (Å²) in [5.41, 5.74) is 8.77. The average Bonchev–Trinajstić information content (AvgIpc) is 2.91. The van der Waals surface area contributed by atoms with Gasteiger partial charge in [0.15, 0.2) is 0 Å². The largest absolute Gasteiger partial charge is 0.497 e.